The van der Waals surface area contributed by atoms with Crippen molar-refractivity contribution < 1.29 is 13.2 Å². The van der Waals surface area contributed by atoms with Crippen LogP contribution in [0.25, 0.3) is 0 Å². The molecule has 3 rings (SSSR count). The lowest BCUT2D eigenvalue weighted by Gasteiger charge is -2.28. The van der Waals surface area contributed by atoms with Crippen molar-refractivity contribution in [2.24, 2.45) is 11.7 Å². The van der Waals surface area contributed by atoms with Crippen LogP contribution in [0.3, 0.4) is 0 Å². The largest absolute Gasteiger partial charge is 0.366 e. The van der Waals surface area contributed by atoms with E-state index in [9.17, 15) is 13.2 Å². The molecule has 1 amide bonds. The van der Waals surface area contributed by atoms with Gasteiger partial charge in [-0.05, 0) is 55.5 Å². The van der Waals surface area contributed by atoms with E-state index in [1.165, 1.54) is 24.3 Å². The standard InChI is InChI=1S/C19H22N2O3S/c1-14(16-7-8-16)21(13-15-5-3-2-4-6-15)25(23,24)18-11-9-17(10-12-18)19(20)22/h2-6,9-12,14,16H,7-8,13H2,1H3,(H2,20,22). The van der Waals surface area contributed by atoms with Gasteiger partial charge in [-0.2, -0.15) is 4.31 Å². The fourth-order valence-electron chi connectivity index (χ4n) is 2.95. The molecule has 2 aromatic carbocycles. The second-order valence-corrected chi connectivity index (χ2v) is 8.39. The van der Waals surface area contributed by atoms with Gasteiger partial charge in [0.15, 0.2) is 0 Å². The predicted molar refractivity (Wildman–Crippen MR) is 96.3 cm³/mol. The Balaban J connectivity index is 1.94. The Bertz CT molecular complexity index is 844. The Morgan fingerprint density at radius 2 is 1.72 bits per heavy atom. The number of sulfonamides is 1. The van der Waals surface area contributed by atoms with E-state index in [2.05, 4.69) is 0 Å². The highest BCUT2D eigenvalue weighted by Crippen LogP contribution is 2.37. The lowest BCUT2D eigenvalue weighted by molar-refractivity contribution is 0.1000. The molecule has 1 aliphatic carbocycles. The van der Waals surface area contributed by atoms with Crippen LogP contribution in [-0.4, -0.2) is 24.7 Å². The van der Waals surface area contributed by atoms with Crippen LogP contribution in [-0.2, 0) is 16.6 Å². The summed E-state index contributed by atoms with van der Waals surface area (Å²) in [5.74, 6) is -0.167. The van der Waals surface area contributed by atoms with Gasteiger partial charge in [0, 0.05) is 18.2 Å². The molecule has 1 unspecified atom stereocenters. The molecule has 0 bridgehead atoms. The average Bonchev–Trinajstić information content (AvgIpc) is 3.45. The van der Waals surface area contributed by atoms with Crippen LogP contribution in [0, 0.1) is 5.92 Å². The zero-order valence-corrected chi connectivity index (χ0v) is 14.9. The van der Waals surface area contributed by atoms with E-state index in [-0.39, 0.29) is 10.9 Å². The van der Waals surface area contributed by atoms with Crippen LogP contribution < -0.4 is 5.73 Å². The van der Waals surface area contributed by atoms with Crippen molar-refractivity contribution in [2.45, 2.75) is 37.2 Å². The molecule has 0 aliphatic heterocycles. The Morgan fingerprint density at radius 3 is 2.24 bits per heavy atom. The number of carbonyl (C=O) groups is 1. The number of amides is 1. The highest BCUT2D eigenvalue weighted by molar-refractivity contribution is 7.89. The van der Waals surface area contributed by atoms with Crippen molar-refractivity contribution >= 4 is 15.9 Å². The summed E-state index contributed by atoms with van der Waals surface area (Å²) in [5.41, 5.74) is 6.48. The van der Waals surface area contributed by atoms with Gasteiger partial charge in [0.05, 0.1) is 4.90 Å². The van der Waals surface area contributed by atoms with Gasteiger partial charge in [0.2, 0.25) is 15.9 Å². The Kier molecular flexibility index (Phi) is 4.92. The molecule has 0 heterocycles. The molecule has 1 saturated carbocycles. The van der Waals surface area contributed by atoms with E-state index in [1.54, 1.807) is 4.31 Å². The van der Waals surface area contributed by atoms with Crippen LogP contribution in [0.5, 0.6) is 0 Å². The molecule has 132 valence electrons. The normalized spacial score (nSPS) is 15.9. The van der Waals surface area contributed by atoms with Crippen molar-refractivity contribution in [1.29, 1.82) is 0 Å². The van der Waals surface area contributed by atoms with E-state index >= 15 is 0 Å². The van der Waals surface area contributed by atoms with Gasteiger partial charge in [0.25, 0.3) is 0 Å². The smallest absolute Gasteiger partial charge is 0.248 e. The van der Waals surface area contributed by atoms with Gasteiger partial charge >= 0.3 is 0 Å². The molecule has 0 saturated heterocycles. The second kappa shape index (κ2) is 6.98. The van der Waals surface area contributed by atoms with Crippen LogP contribution >= 0.6 is 0 Å². The summed E-state index contributed by atoms with van der Waals surface area (Å²) < 4.78 is 28.0. The molecule has 6 heteroatoms. The Hall–Kier alpha value is -2.18. The molecule has 1 aliphatic rings. The Morgan fingerprint density at radius 1 is 1.12 bits per heavy atom. The first-order valence-corrected chi connectivity index (χ1v) is 9.79. The quantitative estimate of drug-likeness (QED) is 0.826. The van der Waals surface area contributed by atoms with Gasteiger partial charge in [-0.15, -0.1) is 0 Å². The van der Waals surface area contributed by atoms with E-state index < -0.39 is 15.9 Å². The minimum Gasteiger partial charge on any atom is -0.366 e. The topological polar surface area (TPSA) is 80.5 Å². The van der Waals surface area contributed by atoms with Crippen molar-refractivity contribution in [3.05, 3.63) is 65.7 Å². The lowest BCUT2D eigenvalue weighted by Crippen LogP contribution is -2.39. The van der Waals surface area contributed by atoms with Crippen LogP contribution in [0.1, 0.15) is 35.7 Å². The molecule has 0 radical (unpaired) electrons. The summed E-state index contributed by atoms with van der Waals surface area (Å²) >= 11 is 0. The fourth-order valence-corrected chi connectivity index (χ4v) is 4.63. The van der Waals surface area contributed by atoms with Crippen molar-refractivity contribution in [2.75, 3.05) is 0 Å². The second-order valence-electron chi connectivity index (χ2n) is 6.50. The first kappa shape index (κ1) is 17.6. The van der Waals surface area contributed by atoms with Crippen molar-refractivity contribution in [3.63, 3.8) is 0 Å². The Labute approximate surface area is 148 Å². The minimum atomic E-state index is -3.66. The molecule has 5 nitrogen and oxygen atoms in total. The third-order valence-electron chi connectivity index (χ3n) is 4.69. The summed E-state index contributed by atoms with van der Waals surface area (Å²) in [5, 5.41) is 0. The maximum absolute atomic E-state index is 13.2. The molecular weight excluding hydrogens is 336 g/mol. The summed E-state index contributed by atoms with van der Waals surface area (Å²) in [6.45, 7) is 2.30. The number of nitrogens with two attached hydrogens (primary N) is 1. The number of hydrogen-bond acceptors (Lipinski definition) is 3. The lowest BCUT2D eigenvalue weighted by atomic mass is 10.2. The molecule has 2 N–H and O–H groups in total. The maximum Gasteiger partial charge on any atom is 0.248 e. The van der Waals surface area contributed by atoms with Gasteiger partial charge in [-0.25, -0.2) is 8.42 Å². The molecule has 1 atom stereocenters. The monoisotopic (exact) mass is 358 g/mol. The summed E-state index contributed by atoms with van der Waals surface area (Å²) in [6.07, 6.45) is 2.12. The summed E-state index contributed by atoms with van der Waals surface area (Å²) in [7, 11) is -3.66. The van der Waals surface area contributed by atoms with Crippen LogP contribution in [0.4, 0.5) is 0 Å². The minimum absolute atomic E-state index is 0.0685. The van der Waals surface area contributed by atoms with E-state index in [4.69, 9.17) is 5.73 Å². The summed E-state index contributed by atoms with van der Waals surface area (Å²) in [4.78, 5) is 11.4. The number of primary amides is 1. The molecule has 0 aromatic heterocycles. The summed E-state index contributed by atoms with van der Waals surface area (Å²) in [6, 6.07) is 15.3. The number of benzene rings is 2. The van der Waals surface area contributed by atoms with Crippen molar-refractivity contribution in [1.82, 2.24) is 4.31 Å². The highest BCUT2D eigenvalue weighted by atomic mass is 32.2. The predicted octanol–water partition coefficient (Wildman–Crippen LogP) is 2.77. The van der Waals surface area contributed by atoms with Gasteiger partial charge in [-0.3, -0.25) is 4.79 Å². The van der Waals surface area contributed by atoms with Crippen LogP contribution in [0.2, 0.25) is 0 Å². The number of nitrogens with zero attached hydrogens (tertiary/aromatic N) is 1. The van der Waals surface area contributed by atoms with E-state index in [1.807, 2.05) is 37.3 Å². The number of hydrogen-bond donors (Lipinski definition) is 1. The molecule has 1 fully saturated rings. The van der Waals surface area contributed by atoms with Gasteiger partial charge < -0.3 is 5.73 Å². The van der Waals surface area contributed by atoms with E-state index in [0.717, 1.165) is 18.4 Å². The van der Waals surface area contributed by atoms with Crippen LogP contribution in [0.15, 0.2) is 59.5 Å². The fraction of sp³-hybridized carbons (Fsp3) is 0.316. The zero-order chi connectivity index (χ0) is 18.0. The zero-order valence-electron chi connectivity index (χ0n) is 14.1. The molecule has 2 aromatic rings. The molecule has 25 heavy (non-hydrogen) atoms. The van der Waals surface area contributed by atoms with Crippen molar-refractivity contribution in [3.8, 4) is 0 Å². The molecular formula is C19H22N2O3S. The molecule has 0 spiro atoms. The van der Waals surface area contributed by atoms with Gasteiger partial charge in [0.1, 0.15) is 0 Å². The van der Waals surface area contributed by atoms with Gasteiger partial charge in [-0.1, -0.05) is 30.3 Å². The number of rotatable bonds is 7. The first-order chi connectivity index (χ1) is 11.9. The SMILES string of the molecule is CC(C1CC1)N(Cc1ccccc1)S(=O)(=O)c1ccc(C(N)=O)cc1. The average molecular weight is 358 g/mol. The highest BCUT2D eigenvalue weighted by Gasteiger charge is 2.38. The van der Waals surface area contributed by atoms with E-state index in [0.29, 0.717) is 18.0 Å². The third-order valence-corrected chi connectivity index (χ3v) is 6.63. The number of carbonyl (C=O) groups excluding carboxylic acids is 1. The maximum atomic E-state index is 13.2. The first-order valence-electron chi connectivity index (χ1n) is 8.35. The third kappa shape index (κ3) is 3.91.